The van der Waals surface area contributed by atoms with Gasteiger partial charge in [0.1, 0.15) is 10.8 Å². The lowest BCUT2D eigenvalue weighted by atomic mass is 10.1. The van der Waals surface area contributed by atoms with Gasteiger partial charge in [0, 0.05) is 11.6 Å². The molecular weight excluding hydrogens is 261 g/mol. The number of rotatable bonds is 2. The molecule has 18 heavy (non-hydrogen) atoms. The number of benzene rings is 1. The normalized spacial score (nSPS) is 10.3. The summed E-state index contributed by atoms with van der Waals surface area (Å²) in [6.07, 6.45) is 1.05. The number of pyridine rings is 1. The number of aromatic nitrogens is 1. The van der Waals surface area contributed by atoms with Crippen molar-refractivity contribution in [3.8, 4) is 11.3 Å². The van der Waals surface area contributed by atoms with Gasteiger partial charge in [0.15, 0.2) is 6.20 Å². The van der Waals surface area contributed by atoms with Gasteiger partial charge in [0.05, 0.1) is 5.56 Å². The van der Waals surface area contributed by atoms with Crippen molar-refractivity contribution in [2.24, 2.45) is 0 Å². The molecule has 1 aromatic heterocycles. The molecule has 0 fully saturated rings. The summed E-state index contributed by atoms with van der Waals surface area (Å²) < 4.78 is 13.2. The van der Waals surface area contributed by atoms with E-state index in [0.717, 1.165) is 12.3 Å². The fourth-order valence-electron chi connectivity index (χ4n) is 1.54. The third-order valence-corrected chi connectivity index (χ3v) is 2.77. The number of aromatic carboxylic acids is 1. The predicted molar refractivity (Wildman–Crippen MR) is 62.8 cm³/mol. The molecule has 2 aromatic rings. The van der Waals surface area contributed by atoms with Gasteiger partial charge in [-0.1, -0.05) is 11.6 Å². The van der Waals surface area contributed by atoms with Crippen LogP contribution in [0.3, 0.4) is 0 Å². The Morgan fingerprint density at radius 2 is 1.89 bits per heavy atom. The highest BCUT2D eigenvalue weighted by atomic mass is 35.5. The first-order chi connectivity index (χ1) is 8.50. The standard InChI is InChI=1S/C12H7ClFNO3/c13-10-9(12(16)17)5-6-15(18)11(10)7-1-3-8(14)4-2-7/h1-6H,(H,16,17). The van der Waals surface area contributed by atoms with E-state index in [9.17, 15) is 14.4 Å². The van der Waals surface area contributed by atoms with Crippen LogP contribution in [0.5, 0.6) is 0 Å². The van der Waals surface area contributed by atoms with Crippen LogP contribution in [0.4, 0.5) is 4.39 Å². The van der Waals surface area contributed by atoms with E-state index in [0.29, 0.717) is 10.3 Å². The Bertz CT molecular complexity index is 613. The number of carboxylic acid groups (broad SMARTS) is 1. The molecule has 1 heterocycles. The van der Waals surface area contributed by atoms with E-state index in [-0.39, 0.29) is 16.3 Å². The highest BCUT2D eigenvalue weighted by molar-refractivity contribution is 6.35. The van der Waals surface area contributed by atoms with Gasteiger partial charge >= 0.3 is 5.97 Å². The van der Waals surface area contributed by atoms with E-state index >= 15 is 0 Å². The topological polar surface area (TPSA) is 64.2 Å². The van der Waals surface area contributed by atoms with Crippen molar-refractivity contribution >= 4 is 17.6 Å². The van der Waals surface area contributed by atoms with Crippen LogP contribution < -0.4 is 4.73 Å². The van der Waals surface area contributed by atoms with Crippen LogP contribution in [-0.2, 0) is 0 Å². The second kappa shape index (κ2) is 4.62. The minimum Gasteiger partial charge on any atom is -0.618 e. The quantitative estimate of drug-likeness (QED) is 0.671. The Morgan fingerprint density at radius 1 is 1.28 bits per heavy atom. The molecule has 0 saturated heterocycles. The molecule has 92 valence electrons. The first-order valence-electron chi connectivity index (χ1n) is 4.91. The molecule has 0 radical (unpaired) electrons. The van der Waals surface area contributed by atoms with Gasteiger partial charge in [-0.2, -0.15) is 4.73 Å². The van der Waals surface area contributed by atoms with E-state index in [2.05, 4.69) is 0 Å². The molecule has 6 heteroatoms. The van der Waals surface area contributed by atoms with Gasteiger partial charge in [-0.3, -0.25) is 0 Å². The first kappa shape index (κ1) is 12.3. The first-order valence-corrected chi connectivity index (χ1v) is 5.29. The van der Waals surface area contributed by atoms with Crippen molar-refractivity contribution in [2.45, 2.75) is 0 Å². The largest absolute Gasteiger partial charge is 0.618 e. The highest BCUT2D eigenvalue weighted by Gasteiger charge is 2.21. The van der Waals surface area contributed by atoms with Crippen LogP contribution in [0.1, 0.15) is 10.4 Å². The molecule has 0 spiro atoms. The second-order valence-electron chi connectivity index (χ2n) is 3.53. The number of hydrogen-bond donors (Lipinski definition) is 1. The van der Waals surface area contributed by atoms with Crippen molar-refractivity contribution in [2.75, 3.05) is 0 Å². The summed E-state index contributed by atoms with van der Waals surface area (Å²) in [5, 5.41) is 20.4. The van der Waals surface area contributed by atoms with Crippen molar-refractivity contribution < 1.29 is 19.0 Å². The Hall–Kier alpha value is -2.14. The van der Waals surface area contributed by atoms with Gasteiger partial charge < -0.3 is 10.3 Å². The number of carboxylic acids is 1. The van der Waals surface area contributed by atoms with E-state index in [4.69, 9.17) is 16.7 Å². The van der Waals surface area contributed by atoms with E-state index in [1.807, 2.05) is 0 Å². The zero-order valence-corrected chi connectivity index (χ0v) is 9.69. The zero-order valence-electron chi connectivity index (χ0n) is 8.93. The van der Waals surface area contributed by atoms with Crippen molar-refractivity contribution in [3.63, 3.8) is 0 Å². The summed E-state index contributed by atoms with van der Waals surface area (Å²) in [6, 6.07) is 6.16. The van der Waals surface area contributed by atoms with Gasteiger partial charge in [0.25, 0.3) is 0 Å². The summed E-state index contributed by atoms with van der Waals surface area (Å²) in [6.45, 7) is 0. The molecule has 0 bridgehead atoms. The minimum absolute atomic E-state index is 0.0171. The van der Waals surface area contributed by atoms with Crippen LogP contribution in [-0.4, -0.2) is 11.1 Å². The summed E-state index contributed by atoms with van der Waals surface area (Å²) >= 11 is 5.89. The van der Waals surface area contributed by atoms with Crippen LogP contribution in [0, 0.1) is 11.0 Å². The third kappa shape index (κ3) is 2.12. The van der Waals surface area contributed by atoms with Gasteiger partial charge in [-0.25, -0.2) is 9.18 Å². The molecule has 1 N–H and O–H groups in total. The monoisotopic (exact) mass is 267 g/mol. The Morgan fingerprint density at radius 3 is 2.44 bits per heavy atom. The second-order valence-corrected chi connectivity index (χ2v) is 3.91. The summed E-state index contributed by atoms with van der Waals surface area (Å²) in [5.74, 6) is -1.69. The molecule has 0 atom stereocenters. The number of carbonyl (C=O) groups is 1. The fourth-order valence-corrected chi connectivity index (χ4v) is 1.88. The van der Waals surface area contributed by atoms with E-state index in [1.54, 1.807) is 0 Å². The molecule has 0 aliphatic heterocycles. The highest BCUT2D eigenvalue weighted by Crippen LogP contribution is 2.27. The zero-order chi connectivity index (χ0) is 13.3. The van der Waals surface area contributed by atoms with Gasteiger partial charge in [-0.15, -0.1) is 0 Å². The molecule has 0 aliphatic rings. The molecule has 4 nitrogen and oxygen atoms in total. The Balaban J connectivity index is 2.66. The maximum atomic E-state index is 12.8. The lowest BCUT2D eigenvalue weighted by Gasteiger charge is -2.08. The number of halogens is 2. The third-order valence-electron chi connectivity index (χ3n) is 2.39. The molecule has 1 aromatic carbocycles. The summed E-state index contributed by atoms with van der Waals surface area (Å²) in [4.78, 5) is 10.9. The van der Waals surface area contributed by atoms with Crippen molar-refractivity contribution in [1.82, 2.24) is 0 Å². The molecular formula is C12H7ClFNO3. The number of nitrogens with zero attached hydrogens (tertiary/aromatic N) is 1. The van der Waals surface area contributed by atoms with Crippen LogP contribution >= 0.6 is 11.6 Å². The molecule has 0 aliphatic carbocycles. The summed E-state index contributed by atoms with van der Waals surface area (Å²) in [7, 11) is 0. The van der Waals surface area contributed by atoms with E-state index < -0.39 is 11.8 Å². The average Bonchev–Trinajstić information content (AvgIpc) is 2.31. The molecule has 2 rings (SSSR count). The Kier molecular flexibility index (Phi) is 3.16. The lowest BCUT2D eigenvalue weighted by Crippen LogP contribution is -2.29. The molecule has 0 unspecified atom stereocenters. The summed E-state index contributed by atoms with van der Waals surface area (Å²) in [5.41, 5.74) is 0.152. The van der Waals surface area contributed by atoms with Crippen molar-refractivity contribution in [3.05, 3.63) is 58.1 Å². The number of hydrogen-bond acceptors (Lipinski definition) is 2. The van der Waals surface area contributed by atoms with Crippen LogP contribution in [0.2, 0.25) is 5.02 Å². The van der Waals surface area contributed by atoms with Gasteiger partial charge in [-0.05, 0) is 24.3 Å². The van der Waals surface area contributed by atoms with E-state index in [1.165, 1.54) is 24.3 Å². The molecule has 0 saturated carbocycles. The maximum absolute atomic E-state index is 12.8. The minimum atomic E-state index is -1.23. The van der Waals surface area contributed by atoms with Gasteiger partial charge in [0.2, 0.25) is 5.69 Å². The average molecular weight is 268 g/mol. The molecule has 0 amide bonds. The van der Waals surface area contributed by atoms with Crippen LogP contribution in [0.15, 0.2) is 36.5 Å². The predicted octanol–water partition coefficient (Wildman–Crippen LogP) is 2.48. The Labute approximate surface area is 106 Å². The van der Waals surface area contributed by atoms with Crippen molar-refractivity contribution in [1.29, 1.82) is 0 Å². The smallest absolute Gasteiger partial charge is 0.337 e. The fraction of sp³-hybridized carbons (Fsp3) is 0. The maximum Gasteiger partial charge on any atom is 0.337 e. The SMILES string of the molecule is O=C(O)c1cc[n+]([O-])c(-c2ccc(F)cc2)c1Cl. The van der Waals surface area contributed by atoms with Crippen LogP contribution in [0.25, 0.3) is 11.3 Å². The lowest BCUT2D eigenvalue weighted by molar-refractivity contribution is -0.593.